The fraction of sp³-hybridized carbons (Fsp3) is 0.455. The summed E-state index contributed by atoms with van der Waals surface area (Å²) in [7, 11) is 2.05. The number of pyridine rings is 1. The van der Waals surface area contributed by atoms with Crippen LogP contribution in [-0.4, -0.2) is 28.9 Å². The first-order valence-corrected chi connectivity index (χ1v) is 5.09. The van der Waals surface area contributed by atoms with E-state index in [-0.39, 0.29) is 6.17 Å². The van der Waals surface area contributed by atoms with Crippen LogP contribution < -0.4 is 5.01 Å². The van der Waals surface area contributed by atoms with Gasteiger partial charge in [0.05, 0.1) is 11.9 Å². The lowest BCUT2D eigenvalue weighted by Gasteiger charge is -2.25. The van der Waals surface area contributed by atoms with Crippen molar-refractivity contribution in [2.24, 2.45) is 5.10 Å². The lowest BCUT2D eigenvalue weighted by atomic mass is 10.2. The van der Waals surface area contributed by atoms with Crippen molar-refractivity contribution < 1.29 is 0 Å². The van der Waals surface area contributed by atoms with E-state index in [9.17, 15) is 0 Å². The number of amidine groups is 1. The van der Waals surface area contributed by atoms with Crippen LogP contribution in [0.15, 0.2) is 23.6 Å². The third-order valence-electron chi connectivity index (χ3n) is 2.94. The quantitative estimate of drug-likeness (QED) is 0.699. The first kappa shape index (κ1) is 9.96. The van der Waals surface area contributed by atoms with Crippen LogP contribution in [-0.2, 0) is 0 Å². The summed E-state index contributed by atoms with van der Waals surface area (Å²) >= 11 is 0. The molecule has 4 heteroatoms. The Morgan fingerprint density at radius 2 is 2.07 bits per heavy atom. The SMILES string of the molecule is CC1=NN(c2cnccc2C)C(C)N1C. The molecule has 0 saturated carbocycles. The summed E-state index contributed by atoms with van der Waals surface area (Å²) in [6.07, 6.45) is 3.93. The van der Waals surface area contributed by atoms with Gasteiger partial charge in [-0.15, -0.1) is 0 Å². The molecular formula is C11H16N4. The fourth-order valence-electron chi connectivity index (χ4n) is 1.70. The molecule has 0 spiro atoms. The molecule has 0 aromatic carbocycles. The average molecular weight is 204 g/mol. The minimum absolute atomic E-state index is 0.257. The predicted octanol–water partition coefficient (Wildman–Crippen LogP) is 1.82. The van der Waals surface area contributed by atoms with Crippen LogP contribution in [0.1, 0.15) is 19.4 Å². The van der Waals surface area contributed by atoms with Crippen molar-refractivity contribution in [1.29, 1.82) is 0 Å². The highest BCUT2D eigenvalue weighted by Crippen LogP contribution is 2.25. The molecule has 1 atom stereocenters. The third kappa shape index (κ3) is 1.56. The normalized spacial score (nSPS) is 20.8. The van der Waals surface area contributed by atoms with Crippen LogP contribution in [0.4, 0.5) is 5.69 Å². The monoisotopic (exact) mass is 204 g/mol. The van der Waals surface area contributed by atoms with Crippen molar-refractivity contribution in [3.05, 3.63) is 24.0 Å². The van der Waals surface area contributed by atoms with Crippen molar-refractivity contribution in [2.75, 3.05) is 12.1 Å². The molecule has 1 aliphatic rings. The van der Waals surface area contributed by atoms with E-state index in [1.165, 1.54) is 5.56 Å². The number of anilines is 1. The number of aryl methyl sites for hydroxylation is 1. The summed E-state index contributed by atoms with van der Waals surface area (Å²) in [5.74, 6) is 1.03. The predicted molar refractivity (Wildman–Crippen MR) is 61.8 cm³/mol. The third-order valence-corrected chi connectivity index (χ3v) is 2.94. The van der Waals surface area contributed by atoms with Gasteiger partial charge in [-0.1, -0.05) is 0 Å². The summed E-state index contributed by atoms with van der Waals surface area (Å²) in [5.41, 5.74) is 2.28. The first-order chi connectivity index (χ1) is 7.11. The Balaban J connectivity index is 2.38. The number of hydrogen-bond acceptors (Lipinski definition) is 4. The van der Waals surface area contributed by atoms with Crippen LogP contribution >= 0.6 is 0 Å². The zero-order valence-corrected chi connectivity index (χ0v) is 9.60. The van der Waals surface area contributed by atoms with Crippen LogP contribution in [0.3, 0.4) is 0 Å². The highest BCUT2D eigenvalue weighted by Gasteiger charge is 2.26. The number of hydrogen-bond donors (Lipinski definition) is 0. The maximum atomic E-state index is 4.52. The van der Waals surface area contributed by atoms with Gasteiger partial charge in [0.2, 0.25) is 0 Å². The van der Waals surface area contributed by atoms with E-state index >= 15 is 0 Å². The van der Waals surface area contributed by atoms with Crippen molar-refractivity contribution in [3.63, 3.8) is 0 Å². The molecule has 80 valence electrons. The molecule has 0 radical (unpaired) electrons. The maximum Gasteiger partial charge on any atom is 0.123 e. The van der Waals surface area contributed by atoms with Gasteiger partial charge in [-0.3, -0.25) is 4.98 Å². The fourth-order valence-corrected chi connectivity index (χ4v) is 1.70. The van der Waals surface area contributed by atoms with Crippen LogP contribution in [0, 0.1) is 6.92 Å². The van der Waals surface area contributed by atoms with E-state index in [0.29, 0.717) is 0 Å². The smallest absolute Gasteiger partial charge is 0.123 e. The molecule has 1 aliphatic heterocycles. The Hall–Kier alpha value is -1.58. The zero-order chi connectivity index (χ0) is 11.0. The van der Waals surface area contributed by atoms with Crippen molar-refractivity contribution in [2.45, 2.75) is 26.9 Å². The summed E-state index contributed by atoms with van der Waals surface area (Å²) < 4.78 is 0. The minimum atomic E-state index is 0.257. The topological polar surface area (TPSA) is 31.7 Å². The Bertz CT molecular complexity index is 399. The van der Waals surface area contributed by atoms with Gasteiger partial charge in [0.1, 0.15) is 12.0 Å². The summed E-state index contributed by atoms with van der Waals surface area (Å²) in [5, 5.41) is 6.53. The molecule has 0 saturated heterocycles. The second kappa shape index (κ2) is 3.53. The molecule has 0 amide bonds. The Labute approximate surface area is 90.2 Å². The molecule has 0 aliphatic carbocycles. The van der Waals surface area contributed by atoms with Crippen molar-refractivity contribution >= 4 is 11.5 Å². The molecule has 4 nitrogen and oxygen atoms in total. The van der Waals surface area contributed by atoms with Gasteiger partial charge in [0.15, 0.2) is 0 Å². The summed E-state index contributed by atoms with van der Waals surface area (Å²) in [4.78, 5) is 6.29. The van der Waals surface area contributed by atoms with Gasteiger partial charge in [0.25, 0.3) is 0 Å². The van der Waals surface area contributed by atoms with Crippen LogP contribution in [0.25, 0.3) is 0 Å². The first-order valence-electron chi connectivity index (χ1n) is 5.09. The molecule has 1 aromatic heterocycles. The molecule has 0 fully saturated rings. The molecule has 0 N–H and O–H groups in total. The highest BCUT2D eigenvalue weighted by atomic mass is 15.6. The highest BCUT2D eigenvalue weighted by molar-refractivity contribution is 5.83. The van der Waals surface area contributed by atoms with Gasteiger partial charge in [-0.05, 0) is 32.4 Å². The van der Waals surface area contributed by atoms with Gasteiger partial charge >= 0.3 is 0 Å². The number of hydrazone groups is 1. The van der Waals surface area contributed by atoms with E-state index in [2.05, 4.69) is 35.9 Å². The Morgan fingerprint density at radius 1 is 1.33 bits per heavy atom. The number of nitrogens with zero attached hydrogens (tertiary/aromatic N) is 4. The lowest BCUT2D eigenvalue weighted by Crippen LogP contribution is -2.36. The van der Waals surface area contributed by atoms with Gasteiger partial charge in [-0.2, -0.15) is 5.10 Å². The molecule has 1 aromatic rings. The lowest BCUT2D eigenvalue weighted by molar-refractivity contribution is 0.411. The maximum absolute atomic E-state index is 4.52. The molecular weight excluding hydrogens is 188 g/mol. The number of rotatable bonds is 1. The molecule has 2 rings (SSSR count). The van der Waals surface area contributed by atoms with Crippen molar-refractivity contribution in [1.82, 2.24) is 9.88 Å². The van der Waals surface area contributed by atoms with Gasteiger partial charge in [-0.25, -0.2) is 5.01 Å². The van der Waals surface area contributed by atoms with E-state index < -0.39 is 0 Å². The number of aromatic nitrogens is 1. The average Bonchev–Trinajstić information content (AvgIpc) is 2.47. The van der Waals surface area contributed by atoms with Gasteiger partial charge < -0.3 is 4.90 Å². The second-order valence-corrected chi connectivity index (χ2v) is 3.90. The van der Waals surface area contributed by atoms with E-state index in [1.54, 1.807) is 6.20 Å². The summed E-state index contributed by atoms with van der Waals surface area (Å²) in [6, 6.07) is 2.01. The Morgan fingerprint density at radius 3 is 2.60 bits per heavy atom. The van der Waals surface area contributed by atoms with Gasteiger partial charge in [0, 0.05) is 13.2 Å². The second-order valence-electron chi connectivity index (χ2n) is 3.90. The largest absolute Gasteiger partial charge is 0.340 e. The van der Waals surface area contributed by atoms with E-state index in [0.717, 1.165) is 11.5 Å². The van der Waals surface area contributed by atoms with E-state index in [4.69, 9.17) is 0 Å². The summed E-state index contributed by atoms with van der Waals surface area (Å²) in [6.45, 7) is 6.22. The van der Waals surface area contributed by atoms with E-state index in [1.807, 2.05) is 24.2 Å². The molecule has 15 heavy (non-hydrogen) atoms. The van der Waals surface area contributed by atoms with Crippen LogP contribution in [0.5, 0.6) is 0 Å². The molecule has 2 heterocycles. The minimum Gasteiger partial charge on any atom is -0.340 e. The van der Waals surface area contributed by atoms with Crippen molar-refractivity contribution in [3.8, 4) is 0 Å². The van der Waals surface area contributed by atoms with Crippen LogP contribution in [0.2, 0.25) is 0 Å². The Kier molecular flexibility index (Phi) is 2.34. The zero-order valence-electron chi connectivity index (χ0n) is 9.60. The standard InChI is InChI=1S/C11H16N4/c1-8-5-6-12-7-11(8)15-10(3)14(4)9(2)13-15/h5-7,10H,1-4H3. The molecule has 0 bridgehead atoms. The molecule has 1 unspecified atom stereocenters.